The van der Waals surface area contributed by atoms with Gasteiger partial charge < -0.3 is 15.5 Å². The van der Waals surface area contributed by atoms with Crippen molar-refractivity contribution >= 4 is 11.9 Å². The van der Waals surface area contributed by atoms with E-state index in [1.165, 1.54) is 0 Å². The summed E-state index contributed by atoms with van der Waals surface area (Å²) in [4.78, 5) is 22.1. The lowest BCUT2D eigenvalue weighted by molar-refractivity contribution is -0.127. The molecule has 0 radical (unpaired) electrons. The first-order valence-electron chi connectivity index (χ1n) is 8.21. The monoisotopic (exact) mass is 321 g/mol. The number of aryl methyl sites for hydroxylation is 2. The molecule has 1 aromatic heterocycles. The minimum absolute atomic E-state index is 0.0167. The molecule has 2 N–H and O–H groups in total. The number of rotatable bonds is 5. The molecule has 0 saturated heterocycles. The highest BCUT2D eigenvalue weighted by atomic mass is 16.2. The first kappa shape index (κ1) is 17.2. The fourth-order valence-corrected chi connectivity index (χ4v) is 2.43. The summed E-state index contributed by atoms with van der Waals surface area (Å²) in [6.45, 7) is 5.74. The Hall–Kier alpha value is -2.12. The lowest BCUT2D eigenvalue weighted by Crippen LogP contribution is -2.47. The Balaban J connectivity index is 1.97. The van der Waals surface area contributed by atoms with Crippen LogP contribution in [0.15, 0.2) is 4.99 Å². The highest BCUT2D eigenvalue weighted by Crippen LogP contribution is 2.13. The quantitative estimate of drug-likeness (QED) is 0.579. The van der Waals surface area contributed by atoms with E-state index in [1.807, 2.05) is 11.6 Å². The average Bonchev–Trinajstić information content (AvgIpc) is 2.94. The summed E-state index contributed by atoms with van der Waals surface area (Å²) in [6, 6.07) is 0.237. The first-order chi connectivity index (χ1) is 11.0. The Bertz CT molecular complexity index is 564. The maximum atomic E-state index is 11.7. The zero-order valence-electron chi connectivity index (χ0n) is 14.5. The number of carbonyl (C=O) groups is 1. The molecule has 8 nitrogen and oxygen atoms in total. The van der Waals surface area contributed by atoms with Crippen LogP contribution in [0.1, 0.15) is 31.9 Å². The Kier molecular flexibility index (Phi) is 5.95. The van der Waals surface area contributed by atoms with Gasteiger partial charge in [0, 0.05) is 39.5 Å². The molecule has 0 aliphatic carbocycles. The molecule has 0 spiro atoms. The van der Waals surface area contributed by atoms with Crippen LogP contribution < -0.4 is 10.6 Å². The Labute approximate surface area is 137 Å². The van der Waals surface area contributed by atoms with Gasteiger partial charge in [-0.05, 0) is 13.3 Å². The van der Waals surface area contributed by atoms with Crippen LogP contribution in [0, 0.1) is 0 Å². The second-order valence-corrected chi connectivity index (χ2v) is 5.84. The molecular weight excluding hydrogens is 294 g/mol. The van der Waals surface area contributed by atoms with Crippen LogP contribution in [0.3, 0.4) is 0 Å². The van der Waals surface area contributed by atoms with Crippen LogP contribution in [-0.4, -0.2) is 64.8 Å². The van der Waals surface area contributed by atoms with E-state index in [0.29, 0.717) is 5.96 Å². The third-order valence-electron chi connectivity index (χ3n) is 3.77. The van der Waals surface area contributed by atoms with Gasteiger partial charge in [-0.25, -0.2) is 14.7 Å². The number of carbonyl (C=O) groups excluding carboxylic acids is 1. The molecule has 8 heteroatoms. The van der Waals surface area contributed by atoms with Crippen molar-refractivity contribution in [2.75, 3.05) is 27.2 Å². The molecule has 1 aliphatic heterocycles. The minimum Gasteiger partial charge on any atom is -0.357 e. The summed E-state index contributed by atoms with van der Waals surface area (Å²) in [5.41, 5.74) is 0. The van der Waals surface area contributed by atoms with Crippen LogP contribution in [0.2, 0.25) is 0 Å². The summed E-state index contributed by atoms with van der Waals surface area (Å²) in [5.74, 6) is 2.62. The van der Waals surface area contributed by atoms with Crippen LogP contribution in [0.5, 0.6) is 0 Å². The van der Waals surface area contributed by atoms with Gasteiger partial charge in [0.2, 0.25) is 5.91 Å². The third-order valence-corrected chi connectivity index (χ3v) is 3.77. The van der Waals surface area contributed by atoms with Gasteiger partial charge in [-0.3, -0.25) is 4.79 Å². The van der Waals surface area contributed by atoms with Gasteiger partial charge in [-0.2, -0.15) is 5.10 Å². The van der Waals surface area contributed by atoms with E-state index in [4.69, 9.17) is 0 Å². The number of amides is 1. The van der Waals surface area contributed by atoms with Crippen LogP contribution in [0.25, 0.3) is 0 Å². The molecule has 1 unspecified atom stereocenters. The smallest absolute Gasteiger partial charge is 0.243 e. The van der Waals surface area contributed by atoms with Crippen LogP contribution in [0.4, 0.5) is 0 Å². The van der Waals surface area contributed by atoms with Crippen molar-refractivity contribution < 1.29 is 4.79 Å². The molecule has 0 fully saturated rings. The summed E-state index contributed by atoms with van der Waals surface area (Å²) in [6.07, 6.45) is 2.74. The van der Waals surface area contributed by atoms with E-state index >= 15 is 0 Å². The highest BCUT2D eigenvalue weighted by Gasteiger charge is 2.22. The molecule has 1 amide bonds. The fourth-order valence-electron chi connectivity index (χ4n) is 2.43. The largest absolute Gasteiger partial charge is 0.357 e. The predicted molar refractivity (Wildman–Crippen MR) is 89.3 cm³/mol. The molecular formula is C15H27N7O. The number of nitrogens with zero attached hydrogens (tertiary/aromatic N) is 5. The number of nitrogens with one attached hydrogen (secondary N) is 2. The van der Waals surface area contributed by atoms with Crippen molar-refractivity contribution in [3.8, 4) is 0 Å². The van der Waals surface area contributed by atoms with Gasteiger partial charge in [0.15, 0.2) is 11.8 Å². The SMILES string of the molecule is CCNC(=NCC(=O)N(C)C)NC1CCc2nc(CC)nn2C1. The fraction of sp³-hybridized carbons (Fsp3) is 0.733. The van der Waals surface area contributed by atoms with E-state index in [-0.39, 0.29) is 18.5 Å². The summed E-state index contributed by atoms with van der Waals surface area (Å²) >= 11 is 0. The molecule has 1 aliphatic rings. The van der Waals surface area contributed by atoms with E-state index in [0.717, 1.165) is 44.0 Å². The summed E-state index contributed by atoms with van der Waals surface area (Å²) < 4.78 is 1.98. The number of aromatic nitrogens is 3. The lowest BCUT2D eigenvalue weighted by Gasteiger charge is -2.25. The molecule has 128 valence electrons. The number of fused-ring (bicyclic) bond motifs is 1. The summed E-state index contributed by atoms with van der Waals surface area (Å²) in [7, 11) is 3.47. The topological polar surface area (TPSA) is 87.4 Å². The predicted octanol–water partition coefficient (Wildman–Crippen LogP) is -0.201. The molecule has 1 aromatic rings. The summed E-state index contributed by atoms with van der Waals surface area (Å²) in [5, 5.41) is 11.1. The number of guanidine groups is 1. The molecule has 0 bridgehead atoms. The number of hydrogen-bond donors (Lipinski definition) is 2. The third kappa shape index (κ3) is 4.67. The van der Waals surface area contributed by atoms with Gasteiger partial charge in [0.05, 0.1) is 6.54 Å². The van der Waals surface area contributed by atoms with E-state index in [9.17, 15) is 4.79 Å². The standard InChI is InChI=1S/C15H27N7O/c1-5-12-19-13-8-7-11(10-22(13)20-12)18-15(16-6-2)17-9-14(23)21(3)4/h11H,5-10H2,1-4H3,(H2,16,17,18). The molecule has 0 aromatic carbocycles. The van der Waals surface area contributed by atoms with Crippen molar-refractivity contribution in [3.63, 3.8) is 0 Å². The van der Waals surface area contributed by atoms with Crippen molar-refractivity contribution in [1.82, 2.24) is 30.3 Å². The van der Waals surface area contributed by atoms with Crippen molar-refractivity contribution in [2.24, 2.45) is 4.99 Å². The Morgan fingerprint density at radius 3 is 2.87 bits per heavy atom. The Morgan fingerprint density at radius 2 is 2.22 bits per heavy atom. The number of likely N-dealkylation sites (N-methyl/N-ethyl adjacent to an activating group) is 1. The van der Waals surface area contributed by atoms with E-state index in [1.54, 1.807) is 19.0 Å². The van der Waals surface area contributed by atoms with Gasteiger partial charge in [-0.15, -0.1) is 0 Å². The zero-order chi connectivity index (χ0) is 16.8. The molecule has 2 heterocycles. The lowest BCUT2D eigenvalue weighted by atomic mass is 10.1. The molecule has 23 heavy (non-hydrogen) atoms. The average molecular weight is 321 g/mol. The van der Waals surface area contributed by atoms with Crippen molar-refractivity contribution in [2.45, 2.75) is 45.7 Å². The molecule has 2 rings (SSSR count). The highest BCUT2D eigenvalue weighted by molar-refractivity contribution is 5.84. The first-order valence-corrected chi connectivity index (χ1v) is 8.21. The Morgan fingerprint density at radius 1 is 1.43 bits per heavy atom. The van der Waals surface area contributed by atoms with E-state index < -0.39 is 0 Å². The molecule has 0 saturated carbocycles. The second kappa shape index (κ2) is 7.94. The van der Waals surface area contributed by atoms with Gasteiger partial charge in [0.25, 0.3) is 0 Å². The minimum atomic E-state index is -0.0167. The van der Waals surface area contributed by atoms with Crippen molar-refractivity contribution in [1.29, 1.82) is 0 Å². The van der Waals surface area contributed by atoms with Gasteiger partial charge in [0.1, 0.15) is 12.4 Å². The number of hydrogen-bond acceptors (Lipinski definition) is 4. The maximum Gasteiger partial charge on any atom is 0.243 e. The normalized spacial score (nSPS) is 17.6. The molecule has 1 atom stereocenters. The van der Waals surface area contributed by atoms with Crippen LogP contribution >= 0.6 is 0 Å². The number of aliphatic imine (C=N–C) groups is 1. The second-order valence-electron chi connectivity index (χ2n) is 5.84. The van der Waals surface area contributed by atoms with Crippen LogP contribution in [-0.2, 0) is 24.2 Å². The zero-order valence-corrected chi connectivity index (χ0v) is 14.5. The maximum absolute atomic E-state index is 11.7. The van der Waals surface area contributed by atoms with Gasteiger partial charge >= 0.3 is 0 Å². The van der Waals surface area contributed by atoms with Crippen molar-refractivity contribution in [3.05, 3.63) is 11.6 Å². The van der Waals surface area contributed by atoms with E-state index in [2.05, 4.69) is 32.6 Å². The van der Waals surface area contributed by atoms with Gasteiger partial charge in [-0.1, -0.05) is 6.92 Å².